The van der Waals surface area contributed by atoms with Gasteiger partial charge in [-0.1, -0.05) is 28.1 Å². The Morgan fingerprint density at radius 2 is 2.19 bits per heavy atom. The third kappa shape index (κ3) is 4.41. The monoisotopic (exact) mass is 444 g/mol. The van der Waals surface area contributed by atoms with Crippen LogP contribution in [0.3, 0.4) is 0 Å². The van der Waals surface area contributed by atoms with Crippen molar-refractivity contribution < 1.29 is 13.9 Å². The molecule has 2 heterocycles. The molecule has 0 spiro atoms. The number of aliphatic hydroxyl groups excluding tert-OH is 1. The average Bonchev–Trinajstić information content (AvgIpc) is 3.06. The molecule has 1 fully saturated rings. The van der Waals surface area contributed by atoms with Crippen LogP contribution in [0.4, 0.5) is 11.9 Å². The molecule has 0 saturated carbocycles. The number of aromatic amines is 1. The number of nitrogens with two attached hydrogens (primary N) is 1. The number of H-pyrrole nitrogens is 1. The molecule has 142 valence electrons. The third-order valence-electron chi connectivity index (χ3n) is 4.69. The first-order chi connectivity index (χ1) is 12.5. The maximum Gasteiger partial charge on any atom is 0.246 e. The van der Waals surface area contributed by atoms with Crippen molar-refractivity contribution in [1.82, 2.24) is 19.9 Å². The number of piperidine rings is 1. The van der Waals surface area contributed by atoms with Crippen molar-refractivity contribution in [2.75, 3.05) is 30.3 Å². The molecule has 4 unspecified atom stereocenters. The Morgan fingerprint density at radius 1 is 1.46 bits per heavy atom. The standard InChI is InChI=1S/C15H21BrN6O3S/c16-11-3-1-9(2-4-11)13(21-26(24)25)12-5-6-22(7-10(12)8-23)15-18-14(17)19-20-15/h1-4,10,12-13,21,23H,5-8H2,(H,24,25)(H3,17,18,19,20). The predicted octanol–water partition coefficient (Wildman–Crippen LogP) is 1.05. The van der Waals surface area contributed by atoms with E-state index in [1.54, 1.807) is 0 Å². The van der Waals surface area contributed by atoms with Gasteiger partial charge in [0, 0.05) is 36.1 Å². The quantitative estimate of drug-likeness (QED) is 0.419. The Bertz CT molecular complexity index is 758. The first-order valence-electron chi connectivity index (χ1n) is 8.14. The fourth-order valence-corrected chi connectivity index (χ4v) is 4.24. The molecule has 9 nitrogen and oxygen atoms in total. The van der Waals surface area contributed by atoms with Crippen molar-refractivity contribution in [2.45, 2.75) is 12.5 Å². The van der Waals surface area contributed by atoms with Gasteiger partial charge in [-0.05, 0) is 30.0 Å². The minimum Gasteiger partial charge on any atom is -0.396 e. The van der Waals surface area contributed by atoms with E-state index in [9.17, 15) is 13.9 Å². The Kier molecular flexibility index (Phi) is 6.24. The molecule has 0 amide bonds. The lowest BCUT2D eigenvalue weighted by Crippen LogP contribution is -2.47. The molecule has 3 rings (SSSR count). The number of benzene rings is 1. The molecule has 6 N–H and O–H groups in total. The van der Waals surface area contributed by atoms with Gasteiger partial charge in [0.25, 0.3) is 0 Å². The van der Waals surface area contributed by atoms with Gasteiger partial charge in [-0.15, -0.1) is 5.10 Å². The van der Waals surface area contributed by atoms with Crippen molar-refractivity contribution in [2.24, 2.45) is 11.8 Å². The van der Waals surface area contributed by atoms with E-state index in [-0.39, 0.29) is 30.4 Å². The van der Waals surface area contributed by atoms with Crippen molar-refractivity contribution >= 4 is 39.1 Å². The van der Waals surface area contributed by atoms with Gasteiger partial charge >= 0.3 is 0 Å². The minimum atomic E-state index is -2.16. The van der Waals surface area contributed by atoms with Crippen molar-refractivity contribution in [3.63, 3.8) is 0 Å². The van der Waals surface area contributed by atoms with E-state index in [1.165, 1.54) is 0 Å². The highest BCUT2D eigenvalue weighted by molar-refractivity contribution is 9.10. The predicted molar refractivity (Wildman–Crippen MR) is 102 cm³/mol. The van der Waals surface area contributed by atoms with Crippen LogP contribution in [0.25, 0.3) is 0 Å². The number of aliphatic hydroxyl groups is 1. The topological polar surface area (TPSA) is 140 Å². The summed E-state index contributed by atoms with van der Waals surface area (Å²) >= 11 is 1.23. The maximum atomic E-state index is 11.5. The highest BCUT2D eigenvalue weighted by Gasteiger charge is 2.36. The molecule has 1 aromatic carbocycles. The number of nitrogens with zero attached hydrogens (tertiary/aromatic N) is 3. The van der Waals surface area contributed by atoms with Crippen LogP contribution < -0.4 is 15.4 Å². The maximum absolute atomic E-state index is 11.5. The number of halogens is 1. The van der Waals surface area contributed by atoms with Gasteiger partial charge in [0.15, 0.2) is 0 Å². The van der Waals surface area contributed by atoms with Crippen LogP contribution in [0.15, 0.2) is 28.7 Å². The van der Waals surface area contributed by atoms with E-state index in [2.05, 4.69) is 35.8 Å². The number of nitrogen functional groups attached to an aromatic ring is 1. The summed E-state index contributed by atoms with van der Waals surface area (Å²) in [6, 6.07) is 7.25. The van der Waals surface area contributed by atoms with Crippen LogP contribution in [0.2, 0.25) is 0 Å². The van der Waals surface area contributed by atoms with Crippen molar-refractivity contribution in [3.8, 4) is 0 Å². The molecule has 4 atom stereocenters. The zero-order valence-electron chi connectivity index (χ0n) is 13.9. The van der Waals surface area contributed by atoms with Crippen molar-refractivity contribution in [3.05, 3.63) is 34.3 Å². The van der Waals surface area contributed by atoms with Gasteiger partial charge in [-0.2, -0.15) is 4.98 Å². The Balaban J connectivity index is 1.82. The van der Waals surface area contributed by atoms with Crippen LogP contribution >= 0.6 is 15.9 Å². The van der Waals surface area contributed by atoms with E-state index in [0.29, 0.717) is 25.5 Å². The van der Waals surface area contributed by atoms with Crippen molar-refractivity contribution in [1.29, 1.82) is 0 Å². The van der Waals surface area contributed by atoms with Gasteiger partial charge in [0.05, 0.1) is 0 Å². The number of anilines is 2. The summed E-state index contributed by atoms with van der Waals surface area (Å²) in [6.45, 7) is 1.14. The summed E-state index contributed by atoms with van der Waals surface area (Å²) in [6.07, 6.45) is 0.699. The highest BCUT2D eigenvalue weighted by Crippen LogP contribution is 2.36. The smallest absolute Gasteiger partial charge is 0.246 e. The van der Waals surface area contributed by atoms with Gasteiger partial charge in [-0.3, -0.25) is 4.55 Å². The number of hydrogen-bond acceptors (Lipinski definition) is 6. The third-order valence-corrected chi connectivity index (χ3v) is 5.67. The number of nitrogens with one attached hydrogen (secondary N) is 2. The van der Waals surface area contributed by atoms with Gasteiger partial charge in [0.1, 0.15) is 0 Å². The van der Waals surface area contributed by atoms with Gasteiger partial charge < -0.3 is 15.7 Å². The number of rotatable bonds is 6. The highest BCUT2D eigenvalue weighted by atomic mass is 79.9. The molecule has 0 bridgehead atoms. The second-order valence-electron chi connectivity index (χ2n) is 6.26. The first-order valence-corrected chi connectivity index (χ1v) is 10.0. The fourth-order valence-electron chi connectivity index (χ4n) is 3.45. The second-order valence-corrected chi connectivity index (χ2v) is 7.91. The summed E-state index contributed by atoms with van der Waals surface area (Å²) in [5, 5.41) is 16.6. The molecular weight excluding hydrogens is 424 g/mol. The SMILES string of the molecule is Nc1nc(N2CCC(C(NS(=O)O)c3ccc(Br)cc3)C(CO)C2)n[nH]1. The number of aromatic nitrogens is 3. The fraction of sp³-hybridized carbons (Fsp3) is 0.467. The lowest BCUT2D eigenvalue weighted by molar-refractivity contribution is 0.134. The molecule has 1 aromatic heterocycles. The van der Waals surface area contributed by atoms with Crippen LogP contribution in [0.1, 0.15) is 18.0 Å². The normalized spacial score (nSPS) is 23.0. The second kappa shape index (κ2) is 8.44. The summed E-state index contributed by atoms with van der Waals surface area (Å²) < 4.78 is 24.5. The van der Waals surface area contributed by atoms with E-state index in [1.807, 2.05) is 29.2 Å². The molecule has 1 aliphatic rings. The lowest BCUT2D eigenvalue weighted by atomic mass is 9.78. The molecular formula is C15H21BrN6O3S. The molecule has 1 saturated heterocycles. The van der Waals surface area contributed by atoms with E-state index < -0.39 is 11.3 Å². The summed E-state index contributed by atoms with van der Waals surface area (Å²) in [5.74, 6) is 0.601. The minimum absolute atomic E-state index is 0.0233. The van der Waals surface area contributed by atoms with Crippen LogP contribution in [0.5, 0.6) is 0 Å². The summed E-state index contributed by atoms with van der Waals surface area (Å²) in [5.41, 5.74) is 6.49. The van der Waals surface area contributed by atoms with E-state index in [4.69, 9.17) is 5.73 Å². The Morgan fingerprint density at radius 3 is 2.77 bits per heavy atom. The molecule has 11 heteroatoms. The van der Waals surface area contributed by atoms with Gasteiger partial charge in [-0.25, -0.2) is 14.0 Å². The Hall–Kier alpha value is -1.53. The zero-order chi connectivity index (χ0) is 18.7. The molecule has 0 radical (unpaired) electrons. The Labute approximate surface area is 161 Å². The van der Waals surface area contributed by atoms with E-state index in [0.717, 1.165) is 10.0 Å². The lowest BCUT2D eigenvalue weighted by Gasteiger charge is -2.41. The van der Waals surface area contributed by atoms with Gasteiger partial charge in [0.2, 0.25) is 23.2 Å². The average molecular weight is 445 g/mol. The summed E-state index contributed by atoms with van der Waals surface area (Å²) in [7, 11) is 0. The zero-order valence-corrected chi connectivity index (χ0v) is 16.3. The molecule has 0 aliphatic carbocycles. The summed E-state index contributed by atoms with van der Waals surface area (Å²) in [4.78, 5) is 6.09. The van der Waals surface area contributed by atoms with Crippen LogP contribution in [0, 0.1) is 11.8 Å². The number of hydrogen-bond donors (Lipinski definition) is 5. The van der Waals surface area contributed by atoms with E-state index >= 15 is 0 Å². The van der Waals surface area contributed by atoms with Crippen LogP contribution in [-0.4, -0.2) is 48.7 Å². The molecule has 2 aromatic rings. The largest absolute Gasteiger partial charge is 0.396 e. The molecule has 1 aliphatic heterocycles. The first kappa shape index (κ1) is 19.2. The van der Waals surface area contributed by atoms with Crippen LogP contribution in [-0.2, 0) is 11.3 Å². The molecule has 26 heavy (non-hydrogen) atoms.